The van der Waals surface area contributed by atoms with Crippen LogP contribution in [0.3, 0.4) is 0 Å². The number of carbonyl (C=O) groups is 1. The standard InChI is InChI=1S/C11H23N3O/c1-2-7-13-11(15)14-8-3-4-10(9-14)5-6-12/h10H,2-9,12H2,1H3,(H,13,15). The van der Waals surface area contributed by atoms with Gasteiger partial charge in [0.25, 0.3) is 0 Å². The Bertz CT molecular complexity index is 194. The third-order valence-corrected chi connectivity index (χ3v) is 2.91. The van der Waals surface area contributed by atoms with Gasteiger partial charge in [-0.05, 0) is 38.1 Å². The van der Waals surface area contributed by atoms with Crippen molar-refractivity contribution in [3.05, 3.63) is 0 Å². The van der Waals surface area contributed by atoms with Gasteiger partial charge < -0.3 is 16.0 Å². The number of hydrogen-bond donors (Lipinski definition) is 2. The number of urea groups is 1. The highest BCUT2D eigenvalue weighted by molar-refractivity contribution is 5.74. The fraction of sp³-hybridized carbons (Fsp3) is 0.909. The summed E-state index contributed by atoms with van der Waals surface area (Å²) in [6.45, 7) is 5.35. The van der Waals surface area contributed by atoms with E-state index in [1.165, 1.54) is 6.42 Å². The normalized spacial score (nSPS) is 21.5. The molecule has 88 valence electrons. The Morgan fingerprint density at radius 3 is 3.07 bits per heavy atom. The number of hydrogen-bond acceptors (Lipinski definition) is 2. The van der Waals surface area contributed by atoms with Crippen molar-refractivity contribution in [1.82, 2.24) is 10.2 Å². The summed E-state index contributed by atoms with van der Waals surface area (Å²) < 4.78 is 0. The number of likely N-dealkylation sites (tertiary alicyclic amines) is 1. The molecule has 4 nitrogen and oxygen atoms in total. The predicted octanol–water partition coefficient (Wildman–Crippen LogP) is 1.17. The summed E-state index contributed by atoms with van der Waals surface area (Å²) in [6, 6.07) is 0.0959. The molecule has 4 heteroatoms. The van der Waals surface area contributed by atoms with Gasteiger partial charge in [-0.15, -0.1) is 0 Å². The fourth-order valence-corrected chi connectivity index (χ4v) is 2.06. The molecule has 1 fully saturated rings. The number of nitrogens with zero attached hydrogens (tertiary/aromatic N) is 1. The summed E-state index contributed by atoms with van der Waals surface area (Å²) in [5.74, 6) is 0.608. The summed E-state index contributed by atoms with van der Waals surface area (Å²) in [5, 5.41) is 2.92. The van der Waals surface area contributed by atoms with Gasteiger partial charge in [-0.25, -0.2) is 4.79 Å². The minimum atomic E-state index is 0.0959. The van der Waals surface area contributed by atoms with Gasteiger partial charge in [0.1, 0.15) is 0 Å². The molecule has 1 unspecified atom stereocenters. The molecule has 0 saturated carbocycles. The van der Waals surface area contributed by atoms with Crippen LogP contribution in [0.5, 0.6) is 0 Å². The van der Waals surface area contributed by atoms with E-state index in [-0.39, 0.29) is 6.03 Å². The van der Waals surface area contributed by atoms with Crippen LogP contribution in [0, 0.1) is 5.92 Å². The van der Waals surface area contributed by atoms with Crippen molar-refractivity contribution < 1.29 is 4.79 Å². The summed E-state index contributed by atoms with van der Waals surface area (Å²) in [5.41, 5.74) is 5.54. The van der Waals surface area contributed by atoms with Crippen LogP contribution in [-0.4, -0.2) is 37.1 Å². The summed E-state index contributed by atoms with van der Waals surface area (Å²) in [7, 11) is 0. The minimum Gasteiger partial charge on any atom is -0.338 e. The molecule has 0 spiro atoms. The van der Waals surface area contributed by atoms with Crippen LogP contribution >= 0.6 is 0 Å². The first kappa shape index (κ1) is 12.3. The van der Waals surface area contributed by atoms with Crippen LogP contribution < -0.4 is 11.1 Å². The highest BCUT2D eigenvalue weighted by Gasteiger charge is 2.22. The molecule has 0 aliphatic carbocycles. The molecule has 0 radical (unpaired) electrons. The third-order valence-electron chi connectivity index (χ3n) is 2.91. The van der Waals surface area contributed by atoms with Gasteiger partial charge >= 0.3 is 6.03 Å². The van der Waals surface area contributed by atoms with Crippen molar-refractivity contribution >= 4 is 6.03 Å². The second kappa shape index (κ2) is 6.67. The highest BCUT2D eigenvalue weighted by atomic mass is 16.2. The number of nitrogens with one attached hydrogen (secondary N) is 1. The van der Waals surface area contributed by atoms with E-state index in [4.69, 9.17) is 5.73 Å². The highest BCUT2D eigenvalue weighted by Crippen LogP contribution is 2.18. The molecule has 1 aliphatic heterocycles. The zero-order valence-corrected chi connectivity index (χ0v) is 9.67. The number of rotatable bonds is 4. The predicted molar refractivity (Wildman–Crippen MR) is 61.7 cm³/mol. The second-order valence-electron chi connectivity index (χ2n) is 4.26. The Morgan fingerprint density at radius 2 is 2.40 bits per heavy atom. The van der Waals surface area contributed by atoms with Crippen LogP contribution in [0.4, 0.5) is 4.79 Å². The largest absolute Gasteiger partial charge is 0.338 e. The molecule has 0 bridgehead atoms. The van der Waals surface area contributed by atoms with E-state index in [1.807, 2.05) is 4.90 Å². The first-order chi connectivity index (χ1) is 7.27. The summed E-state index contributed by atoms with van der Waals surface area (Å²) in [6.07, 6.45) is 4.36. The Balaban J connectivity index is 2.31. The zero-order valence-electron chi connectivity index (χ0n) is 9.67. The first-order valence-corrected chi connectivity index (χ1v) is 6.00. The van der Waals surface area contributed by atoms with E-state index in [0.29, 0.717) is 5.92 Å². The van der Waals surface area contributed by atoms with E-state index in [2.05, 4.69) is 12.2 Å². The van der Waals surface area contributed by atoms with Crippen LogP contribution in [0.25, 0.3) is 0 Å². The van der Waals surface area contributed by atoms with Crippen LogP contribution in [0.1, 0.15) is 32.6 Å². The molecular formula is C11H23N3O. The average Bonchev–Trinajstić information content (AvgIpc) is 2.27. The molecule has 1 heterocycles. The Labute approximate surface area is 92.2 Å². The van der Waals surface area contributed by atoms with Gasteiger partial charge in [-0.3, -0.25) is 0 Å². The number of amides is 2. The summed E-state index contributed by atoms with van der Waals surface area (Å²) >= 11 is 0. The lowest BCUT2D eigenvalue weighted by Crippen LogP contribution is -2.45. The molecule has 1 rings (SSSR count). The third kappa shape index (κ3) is 4.08. The number of nitrogens with two attached hydrogens (primary N) is 1. The van der Waals surface area contributed by atoms with Gasteiger partial charge in [-0.2, -0.15) is 0 Å². The van der Waals surface area contributed by atoms with Gasteiger partial charge in [0.15, 0.2) is 0 Å². The fourth-order valence-electron chi connectivity index (χ4n) is 2.06. The Hall–Kier alpha value is -0.770. The van der Waals surface area contributed by atoms with Crippen molar-refractivity contribution in [2.75, 3.05) is 26.2 Å². The van der Waals surface area contributed by atoms with Crippen LogP contribution in [0.2, 0.25) is 0 Å². The molecule has 0 aromatic rings. The van der Waals surface area contributed by atoms with Crippen LogP contribution in [-0.2, 0) is 0 Å². The quantitative estimate of drug-likeness (QED) is 0.736. The topological polar surface area (TPSA) is 58.4 Å². The number of piperidine rings is 1. The van der Waals surface area contributed by atoms with Crippen molar-refractivity contribution in [3.63, 3.8) is 0 Å². The maximum atomic E-state index is 11.7. The van der Waals surface area contributed by atoms with Gasteiger partial charge in [0.2, 0.25) is 0 Å². The van der Waals surface area contributed by atoms with Gasteiger partial charge in [0.05, 0.1) is 0 Å². The lowest BCUT2D eigenvalue weighted by Gasteiger charge is -2.32. The zero-order chi connectivity index (χ0) is 11.1. The number of carbonyl (C=O) groups excluding carboxylic acids is 1. The SMILES string of the molecule is CCCNC(=O)N1CCCC(CCN)C1. The smallest absolute Gasteiger partial charge is 0.317 e. The van der Waals surface area contributed by atoms with E-state index in [9.17, 15) is 4.79 Å². The van der Waals surface area contributed by atoms with E-state index < -0.39 is 0 Å². The lowest BCUT2D eigenvalue weighted by molar-refractivity contribution is 0.163. The molecule has 1 aliphatic rings. The average molecular weight is 213 g/mol. The molecule has 1 atom stereocenters. The van der Waals surface area contributed by atoms with E-state index >= 15 is 0 Å². The molecule has 0 aromatic heterocycles. The maximum Gasteiger partial charge on any atom is 0.317 e. The van der Waals surface area contributed by atoms with Crippen molar-refractivity contribution in [3.8, 4) is 0 Å². The summed E-state index contributed by atoms with van der Waals surface area (Å²) in [4.78, 5) is 13.6. The molecule has 1 saturated heterocycles. The van der Waals surface area contributed by atoms with Crippen molar-refractivity contribution in [2.24, 2.45) is 11.7 Å². The van der Waals surface area contributed by atoms with Crippen molar-refractivity contribution in [2.45, 2.75) is 32.6 Å². The monoisotopic (exact) mass is 213 g/mol. The van der Waals surface area contributed by atoms with Gasteiger partial charge in [-0.1, -0.05) is 6.92 Å². The van der Waals surface area contributed by atoms with Gasteiger partial charge in [0, 0.05) is 19.6 Å². The van der Waals surface area contributed by atoms with Crippen molar-refractivity contribution in [1.29, 1.82) is 0 Å². The molecule has 2 amide bonds. The van der Waals surface area contributed by atoms with E-state index in [0.717, 1.165) is 45.4 Å². The van der Waals surface area contributed by atoms with E-state index in [1.54, 1.807) is 0 Å². The molecule has 3 N–H and O–H groups in total. The second-order valence-corrected chi connectivity index (χ2v) is 4.26. The lowest BCUT2D eigenvalue weighted by atomic mass is 9.95. The maximum absolute atomic E-state index is 11.7. The van der Waals surface area contributed by atoms with Crippen LogP contribution in [0.15, 0.2) is 0 Å². The molecule has 15 heavy (non-hydrogen) atoms. The minimum absolute atomic E-state index is 0.0959. The molecular weight excluding hydrogens is 190 g/mol. The Kier molecular flexibility index (Phi) is 5.47. The molecule has 0 aromatic carbocycles. The Morgan fingerprint density at radius 1 is 1.60 bits per heavy atom. The first-order valence-electron chi connectivity index (χ1n) is 6.00.